The standard InChI is InChI=1S/C16H25N3O/c1-3-14-11-19(15(9-18-14)12-6-7-12)10-13-5-4-8-17-16(13)20-2/h4-5,8,12,14-15,18H,3,6-7,9-11H2,1-2H3. The Hall–Kier alpha value is -1.13. The number of nitrogens with zero attached hydrogens (tertiary/aromatic N) is 2. The largest absolute Gasteiger partial charge is 0.481 e. The molecule has 4 heteroatoms. The van der Waals surface area contributed by atoms with Crippen LogP contribution in [0, 0.1) is 5.92 Å². The molecule has 1 N–H and O–H groups in total. The first-order chi connectivity index (χ1) is 9.81. The van der Waals surface area contributed by atoms with Gasteiger partial charge in [-0.2, -0.15) is 0 Å². The monoisotopic (exact) mass is 275 g/mol. The number of piperazine rings is 1. The van der Waals surface area contributed by atoms with E-state index in [-0.39, 0.29) is 0 Å². The third-order valence-electron chi connectivity index (χ3n) is 4.62. The Morgan fingerprint density at radius 3 is 3.00 bits per heavy atom. The summed E-state index contributed by atoms with van der Waals surface area (Å²) < 4.78 is 5.40. The molecule has 1 aliphatic heterocycles. The van der Waals surface area contributed by atoms with Gasteiger partial charge in [-0.05, 0) is 31.2 Å². The summed E-state index contributed by atoms with van der Waals surface area (Å²) in [6.45, 7) is 5.48. The highest BCUT2D eigenvalue weighted by molar-refractivity contribution is 5.25. The third kappa shape index (κ3) is 2.96. The predicted octanol–water partition coefficient (Wildman–Crippen LogP) is 2.05. The molecule has 1 aliphatic carbocycles. The summed E-state index contributed by atoms with van der Waals surface area (Å²) in [6, 6.07) is 5.44. The third-order valence-corrected chi connectivity index (χ3v) is 4.62. The molecule has 20 heavy (non-hydrogen) atoms. The Bertz CT molecular complexity index is 447. The lowest BCUT2D eigenvalue weighted by atomic mass is 10.0. The van der Waals surface area contributed by atoms with E-state index in [9.17, 15) is 0 Å². The van der Waals surface area contributed by atoms with E-state index >= 15 is 0 Å². The van der Waals surface area contributed by atoms with Gasteiger partial charge in [-0.3, -0.25) is 4.90 Å². The molecule has 1 aromatic heterocycles. The average Bonchev–Trinajstić information content (AvgIpc) is 3.32. The molecule has 4 nitrogen and oxygen atoms in total. The fourth-order valence-corrected chi connectivity index (χ4v) is 3.25. The summed E-state index contributed by atoms with van der Waals surface area (Å²) >= 11 is 0. The van der Waals surface area contributed by atoms with Crippen molar-refractivity contribution >= 4 is 0 Å². The Morgan fingerprint density at radius 2 is 2.30 bits per heavy atom. The fourth-order valence-electron chi connectivity index (χ4n) is 3.25. The maximum atomic E-state index is 5.40. The molecule has 1 aromatic rings. The number of methoxy groups -OCH3 is 1. The second kappa shape index (κ2) is 6.10. The smallest absolute Gasteiger partial charge is 0.217 e. The van der Waals surface area contributed by atoms with Gasteiger partial charge < -0.3 is 10.1 Å². The van der Waals surface area contributed by atoms with Crippen molar-refractivity contribution in [3.05, 3.63) is 23.9 Å². The van der Waals surface area contributed by atoms with Gasteiger partial charge in [0.25, 0.3) is 0 Å². The highest BCUT2D eigenvalue weighted by Crippen LogP contribution is 2.37. The van der Waals surface area contributed by atoms with Crippen LogP contribution in [0.1, 0.15) is 31.7 Å². The van der Waals surface area contributed by atoms with E-state index in [0.717, 1.165) is 31.4 Å². The van der Waals surface area contributed by atoms with E-state index in [0.29, 0.717) is 12.1 Å². The van der Waals surface area contributed by atoms with Crippen LogP contribution in [0.3, 0.4) is 0 Å². The van der Waals surface area contributed by atoms with Gasteiger partial charge in [0.05, 0.1) is 7.11 Å². The van der Waals surface area contributed by atoms with Gasteiger partial charge in [-0.15, -0.1) is 0 Å². The SMILES string of the molecule is CCC1CN(Cc2cccnc2OC)C(C2CC2)CN1. The molecule has 2 heterocycles. The summed E-state index contributed by atoms with van der Waals surface area (Å²) in [5.74, 6) is 1.66. The Labute approximate surface area is 121 Å². The molecule has 0 radical (unpaired) electrons. The summed E-state index contributed by atoms with van der Waals surface area (Å²) in [4.78, 5) is 6.96. The molecular formula is C16H25N3O. The summed E-state index contributed by atoms with van der Waals surface area (Å²) in [6.07, 6.45) is 5.78. The van der Waals surface area contributed by atoms with Crippen molar-refractivity contribution in [2.24, 2.45) is 5.92 Å². The van der Waals surface area contributed by atoms with Crippen molar-refractivity contribution < 1.29 is 4.74 Å². The van der Waals surface area contributed by atoms with Crippen LogP contribution in [0.5, 0.6) is 5.88 Å². The van der Waals surface area contributed by atoms with E-state index < -0.39 is 0 Å². The number of nitrogens with one attached hydrogen (secondary N) is 1. The number of pyridine rings is 1. The van der Waals surface area contributed by atoms with E-state index in [1.54, 1.807) is 13.3 Å². The van der Waals surface area contributed by atoms with Gasteiger partial charge in [0.2, 0.25) is 5.88 Å². The molecule has 1 saturated heterocycles. The van der Waals surface area contributed by atoms with Crippen LogP contribution < -0.4 is 10.1 Å². The Kier molecular flexibility index (Phi) is 4.22. The average molecular weight is 275 g/mol. The summed E-state index contributed by atoms with van der Waals surface area (Å²) in [7, 11) is 1.71. The highest BCUT2D eigenvalue weighted by atomic mass is 16.5. The quantitative estimate of drug-likeness (QED) is 0.892. The van der Waals surface area contributed by atoms with Gasteiger partial charge in [-0.25, -0.2) is 4.98 Å². The molecule has 2 unspecified atom stereocenters. The topological polar surface area (TPSA) is 37.4 Å². The van der Waals surface area contributed by atoms with Gasteiger partial charge in [0.15, 0.2) is 0 Å². The zero-order valence-corrected chi connectivity index (χ0v) is 12.5. The first-order valence-electron chi connectivity index (χ1n) is 7.77. The molecule has 2 fully saturated rings. The second-order valence-corrected chi connectivity index (χ2v) is 6.02. The molecule has 1 saturated carbocycles. The van der Waals surface area contributed by atoms with Gasteiger partial charge >= 0.3 is 0 Å². The van der Waals surface area contributed by atoms with Crippen molar-refractivity contribution in [1.82, 2.24) is 15.2 Å². The zero-order valence-electron chi connectivity index (χ0n) is 12.5. The van der Waals surface area contributed by atoms with Crippen molar-refractivity contribution in [3.8, 4) is 5.88 Å². The number of hydrogen-bond acceptors (Lipinski definition) is 4. The Balaban J connectivity index is 1.74. The lowest BCUT2D eigenvalue weighted by Crippen LogP contribution is -2.56. The van der Waals surface area contributed by atoms with E-state index in [4.69, 9.17) is 4.74 Å². The first-order valence-corrected chi connectivity index (χ1v) is 7.77. The van der Waals surface area contributed by atoms with Crippen LogP contribution in [0.15, 0.2) is 18.3 Å². The zero-order chi connectivity index (χ0) is 13.9. The van der Waals surface area contributed by atoms with Gasteiger partial charge in [0.1, 0.15) is 0 Å². The van der Waals surface area contributed by atoms with Gasteiger partial charge in [-0.1, -0.05) is 13.0 Å². The lowest BCUT2D eigenvalue weighted by molar-refractivity contribution is 0.105. The predicted molar refractivity (Wildman–Crippen MR) is 79.8 cm³/mol. The van der Waals surface area contributed by atoms with Crippen molar-refractivity contribution in [2.45, 2.75) is 44.8 Å². The van der Waals surface area contributed by atoms with Gasteiger partial charge in [0, 0.05) is 43.5 Å². The molecule has 2 aliphatic rings. The molecule has 3 rings (SSSR count). The highest BCUT2D eigenvalue weighted by Gasteiger charge is 2.38. The number of rotatable bonds is 5. The van der Waals surface area contributed by atoms with E-state index in [1.807, 2.05) is 6.07 Å². The van der Waals surface area contributed by atoms with Crippen molar-refractivity contribution in [3.63, 3.8) is 0 Å². The van der Waals surface area contributed by atoms with E-state index in [2.05, 4.69) is 28.2 Å². The lowest BCUT2D eigenvalue weighted by Gasteiger charge is -2.40. The maximum absolute atomic E-state index is 5.40. The van der Waals surface area contributed by atoms with Crippen LogP contribution in [0.4, 0.5) is 0 Å². The Morgan fingerprint density at radius 1 is 1.45 bits per heavy atom. The van der Waals surface area contributed by atoms with E-state index in [1.165, 1.54) is 24.8 Å². The molecule has 0 spiro atoms. The number of aromatic nitrogens is 1. The normalized spacial score (nSPS) is 27.5. The van der Waals surface area contributed by atoms with Crippen LogP contribution in [-0.2, 0) is 6.54 Å². The van der Waals surface area contributed by atoms with Crippen molar-refractivity contribution in [2.75, 3.05) is 20.2 Å². The summed E-state index contributed by atoms with van der Waals surface area (Å²) in [5.41, 5.74) is 1.21. The first kappa shape index (κ1) is 13.8. The second-order valence-electron chi connectivity index (χ2n) is 6.02. The van der Waals surface area contributed by atoms with Crippen LogP contribution in [0.2, 0.25) is 0 Å². The molecular weight excluding hydrogens is 250 g/mol. The molecule has 0 bridgehead atoms. The minimum atomic E-state index is 0.618. The maximum Gasteiger partial charge on any atom is 0.217 e. The molecule has 0 aromatic carbocycles. The summed E-state index contributed by atoms with van der Waals surface area (Å²) in [5, 5.41) is 3.70. The number of hydrogen-bond donors (Lipinski definition) is 1. The fraction of sp³-hybridized carbons (Fsp3) is 0.688. The molecule has 2 atom stereocenters. The minimum Gasteiger partial charge on any atom is -0.481 e. The van der Waals surface area contributed by atoms with Crippen molar-refractivity contribution in [1.29, 1.82) is 0 Å². The molecule has 0 amide bonds. The van der Waals surface area contributed by atoms with Crippen LogP contribution in [-0.4, -0.2) is 42.2 Å². The minimum absolute atomic E-state index is 0.618. The van der Waals surface area contributed by atoms with Crippen LogP contribution >= 0.6 is 0 Å². The van der Waals surface area contributed by atoms with Crippen LogP contribution in [0.25, 0.3) is 0 Å². The molecule has 110 valence electrons. The number of ether oxygens (including phenoxy) is 1.